The summed E-state index contributed by atoms with van der Waals surface area (Å²) in [6.07, 6.45) is 5.96. The highest BCUT2D eigenvalue weighted by Crippen LogP contribution is 2.01. The Morgan fingerprint density at radius 3 is 2.62 bits per heavy atom. The first-order valence-corrected chi connectivity index (χ1v) is 4.48. The number of nitrogens with zero attached hydrogens (tertiary/aromatic N) is 2. The molecule has 0 unspecified atom stereocenters. The predicted octanol–water partition coefficient (Wildman–Crippen LogP) is 1.76. The normalized spacial score (nSPS) is 10.0. The van der Waals surface area contributed by atoms with Gasteiger partial charge in [-0.3, -0.25) is 0 Å². The lowest BCUT2D eigenvalue weighted by Gasteiger charge is -1.96. The Balaban J connectivity index is 3.05. The SMILES string of the molecule is C=CCn1c(C)c[n+](CC=C)c1C. The molecular weight excluding hydrogens is 160 g/mol. The van der Waals surface area contributed by atoms with Crippen molar-refractivity contribution in [3.63, 3.8) is 0 Å². The third-order valence-corrected chi connectivity index (χ3v) is 2.21. The molecule has 2 heteroatoms. The molecule has 1 heterocycles. The van der Waals surface area contributed by atoms with Gasteiger partial charge in [-0.15, -0.1) is 0 Å². The van der Waals surface area contributed by atoms with Crippen molar-refractivity contribution < 1.29 is 4.57 Å². The van der Waals surface area contributed by atoms with E-state index < -0.39 is 0 Å². The molecule has 0 N–H and O–H groups in total. The summed E-state index contributed by atoms with van der Waals surface area (Å²) < 4.78 is 4.42. The molecule has 0 fully saturated rings. The van der Waals surface area contributed by atoms with Crippen LogP contribution in [0.5, 0.6) is 0 Å². The maximum atomic E-state index is 3.74. The van der Waals surface area contributed by atoms with Crippen LogP contribution in [0.3, 0.4) is 0 Å². The molecule has 0 aliphatic heterocycles. The summed E-state index contributed by atoms with van der Waals surface area (Å²) in [6, 6.07) is 0. The molecule has 0 radical (unpaired) electrons. The molecule has 0 aliphatic rings. The van der Waals surface area contributed by atoms with E-state index in [0.717, 1.165) is 13.1 Å². The summed E-state index contributed by atoms with van der Waals surface area (Å²) in [7, 11) is 0. The maximum Gasteiger partial charge on any atom is 0.253 e. The number of imidazole rings is 1. The van der Waals surface area contributed by atoms with Gasteiger partial charge in [0.15, 0.2) is 0 Å². The Bertz CT molecular complexity index is 321. The molecule has 0 saturated carbocycles. The molecule has 0 bridgehead atoms. The number of aryl methyl sites for hydroxylation is 1. The van der Waals surface area contributed by atoms with Crippen LogP contribution < -0.4 is 4.57 Å². The second kappa shape index (κ2) is 4.08. The zero-order valence-electron chi connectivity index (χ0n) is 8.45. The molecule has 1 rings (SSSR count). The van der Waals surface area contributed by atoms with Gasteiger partial charge in [-0.1, -0.05) is 25.3 Å². The minimum atomic E-state index is 0.872. The third kappa shape index (κ3) is 1.89. The van der Waals surface area contributed by atoms with E-state index in [1.54, 1.807) is 0 Å². The zero-order chi connectivity index (χ0) is 9.84. The Morgan fingerprint density at radius 1 is 1.38 bits per heavy atom. The standard InChI is InChI=1S/C11H17N2/c1-5-7-12-9-10(3)13(8-6-2)11(12)4/h5-6,9H,1-2,7-8H2,3-4H3/q+1. The highest BCUT2D eigenvalue weighted by atomic mass is 15.2. The van der Waals surface area contributed by atoms with E-state index in [-0.39, 0.29) is 0 Å². The average Bonchev–Trinajstić information content (AvgIpc) is 2.34. The van der Waals surface area contributed by atoms with E-state index in [1.807, 2.05) is 12.2 Å². The smallest absolute Gasteiger partial charge is 0.231 e. The first-order chi connectivity index (χ1) is 6.20. The summed E-state index contributed by atoms with van der Waals surface area (Å²) in [5.74, 6) is 1.25. The van der Waals surface area contributed by atoms with Gasteiger partial charge < -0.3 is 0 Å². The van der Waals surface area contributed by atoms with Gasteiger partial charge in [0.05, 0.1) is 0 Å². The van der Waals surface area contributed by atoms with Crippen LogP contribution in [0, 0.1) is 13.8 Å². The molecule has 1 aromatic heterocycles. The van der Waals surface area contributed by atoms with Gasteiger partial charge in [-0.2, -0.15) is 0 Å². The van der Waals surface area contributed by atoms with E-state index in [2.05, 4.69) is 42.3 Å². The molecular formula is C11H17N2+. The summed E-state index contributed by atoms with van der Waals surface area (Å²) in [4.78, 5) is 0. The molecule has 0 amide bonds. The van der Waals surface area contributed by atoms with Crippen molar-refractivity contribution in [3.05, 3.63) is 43.0 Å². The van der Waals surface area contributed by atoms with E-state index in [4.69, 9.17) is 0 Å². The summed E-state index contributed by atoms with van der Waals surface area (Å²) >= 11 is 0. The van der Waals surface area contributed by atoms with Crippen LogP contribution in [-0.4, -0.2) is 4.57 Å². The van der Waals surface area contributed by atoms with Crippen LogP contribution in [0.1, 0.15) is 11.5 Å². The summed E-state index contributed by atoms with van der Waals surface area (Å²) in [6.45, 7) is 13.4. The van der Waals surface area contributed by atoms with Crippen molar-refractivity contribution >= 4 is 0 Å². The van der Waals surface area contributed by atoms with Gasteiger partial charge in [-0.05, 0) is 0 Å². The number of aromatic nitrogens is 2. The molecule has 0 aromatic carbocycles. The molecule has 0 spiro atoms. The number of rotatable bonds is 4. The molecule has 0 saturated heterocycles. The topological polar surface area (TPSA) is 8.81 Å². The van der Waals surface area contributed by atoms with Gasteiger partial charge >= 0.3 is 0 Å². The lowest BCUT2D eigenvalue weighted by atomic mass is 10.5. The predicted molar refractivity (Wildman–Crippen MR) is 54.5 cm³/mol. The van der Waals surface area contributed by atoms with Crippen LogP contribution in [0.15, 0.2) is 31.5 Å². The second-order valence-electron chi connectivity index (χ2n) is 3.16. The molecule has 0 atom stereocenters. The highest BCUT2D eigenvalue weighted by Gasteiger charge is 2.13. The fraction of sp³-hybridized carbons (Fsp3) is 0.364. The van der Waals surface area contributed by atoms with Gasteiger partial charge in [-0.25, -0.2) is 9.13 Å². The number of allylic oxidation sites excluding steroid dienone is 2. The summed E-state index contributed by atoms with van der Waals surface area (Å²) in [5.41, 5.74) is 1.26. The van der Waals surface area contributed by atoms with E-state index in [1.165, 1.54) is 11.5 Å². The average molecular weight is 177 g/mol. The van der Waals surface area contributed by atoms with Crippen molar-refractivity contribution in [1.82, 2.24) is 4.57 Å². The van der Waals surface area contributed by atoms with Gasteiger partial charge in [0.25, 0.3) is 5.82 Å². The van der Waals surface area contributed by atoms with Gasteiger partial charge in [0.1, 0.15) is 25.0 Å². The van der Waals surface area contributed by atoms with Crippen LogP contribution in [0.25, 0.3) is 0 Å². The van der Waals surface area contributed by atoms with Crippen molar-refractivity contribution in [2.45, 2.75) is 26.9 Å². The van der Waals surface area contributed by atoms with Crippen LogP contribution in [-0.2, 0) is 13.1 Å². The maximum absolute atomic E-state index is 3.74. The Kier molecular flexibility index (Phi) is 3.07. The molecule has 0 aliphatic carbocycles. The number of hydrogen-bond donors (Lipinski definition) is 0. The highest BCUT2D eigenvalue weighted by molar-refractivity contribution is 4.97. The monoisotopic (exact) mass is 177 g/mol. The van der Waals surface area contributed by atoms with Crippen LogP contribution in [0.2, 0.25) is 0 Å². The molecule has 2 nitrogen and oxygen atoms in total. The first kappa shape index (κ1) is 9.78. The first-order valence-electron chi connectivity index (χ1n) is 4.48. The van der Waals surface area contributed by atoms with Gasteiger partial charge in [0.2, 0.25) is 0 Å². The lowest BCUT2D eigenvalue weighted by molar-refractivity contribution is -0.692. The van der Waals surface area contributed by atoms with Crippen molar-refractivity contribution in [1.29, 1.82) is 0 Å². The Hall–Kier alpha value is -1.31. The third-order valence-electron chi connectivity index (χ3n) is 2.21. The molecule has 70 valence electrons. The lowest BCUT2D eigenvalue weighted by Crippen LogP contribution is -2.34. The Morgan fingerprint density at radius 2 is 2.08 bits per heavy atom. The fourth-order valence-electron chi connectivity index (χ4n) is 1.53. The minimum Gasteiger partial charge on any atom is -0.231 e. The van der Waals surface area contributed by atoms with Crippen LogP contribution in [0.4, 0.5) is 0 Å². The number of hydrogen-bond acceptors (Lipinski definition) is 0. The van der Waals surface area contributed by atoms with Crippen LogP contribution >= 0.6 is 0 Å². The molecule has 13 heavy (non-hydrogen) atoms. The zero-order valence-corrected chi connectivity index (χ0v) is 8.45. The van der Waals surface area contributed by atoms with E-state index >= 15 is 0 Å². The minimum absolute atomic E-state index is 0.872. The van der Waals surface area contributed by atoms with Gasteiger partial charge in [0, 0.05) is 13.8 Å². The van der Waals surface area contributed by atoms with E-state index in [9.17, 15) is 0 Å². The second-order valence-corrected chi connectivity index (χ2v) is 3.16. The molecule has 1 aromatic rings. The quantitative estimate of drug-likeness (QED) is 0.489. The summed E-state index contributed by atoms with van der Waals surface area (Å²) in [5, 5.41) is 0. The largest absolute Gasteiger partial charge is 0.253 e. The van der Waals surface area contributed by atoms with E-state index in [0.29, 0.717) is 0 Å². The Labute approximate surface area is 79.8 Å². The fourth-order valence-corrected chi connectivity index (χ4v) is 1.53. The van der Waals surface area contributed by atoms with Crippen molar-refractivity contribution in [2.24, 2.45) is 0 Å². The van der Waals surface area contributed by atoms with Crippen molar-refractivity contribution in [3.8, 4) is 0 Å². The van der Waals surface area contributed by atoms with Crippen molar-refractivity contribution in [2.75, 3.05) is 0 Å².